The van der Waals surface area contributed by atoms with Crippen LogP contribution in [0.3, 0.4) is 0 Å². The molecule has 0 unspecified atom stereocenters. The van der Waals surface area contributed by atoms with Crippen LogP contribution >= 0.6 is 0 Å². The van der Waals surface area contributed by atoms with E-state index in [4.69, 9.17) is 0 Å². The second kappa shape index (κ2) is 4.03. The minimum Gasteiger partial charge on any atom is -0.342 e. The zero-order valence-electron chi connectivity index (χ0n) is 9.46. The Morgan fingerprint density at radius 1 is 1.40 bits per heavy atom. The van der Waals surface area contributed by atoms with Crippen molar-refractivity contribution in [3.8, 4) is 0 Å². The summed E-state index contributed by atoms with van der Waals surface area (Å²) < 4.78 is 0. The summed E-state index contributed by atoms with van der Waals surface area (Å²) in [6, 6.07) is 6.35. The quantitative estimate of drug-likeness (QED) is 0.804. The zero-order chi connectivity index (χ0) is 10.8. The molecule has 0 aliphatic heterocycles. The van der Waals surface area contributed by atoms with Crippen LogP contribution in [0.4, 0.5) is 0 Å². The number of hydrogen-bond acceptors (Lipinski definition) is 2. The molecule has 1 aromatic carbocycles. The van der Waals surface area contributed by atoms with Crippen LogP contribution in [-0.2, 0) is 6.54 Å². The molecule has 0 aliphatic carbocycles. The largest absolute Gasteiger partial charge is 0.342 e. The highest BCUT2D eigenvalue weighted by molar-refractivity contribution is 5.75. The second-order valence-electron chi connectivity index (χ2n) is 4.16. The zero-order valence-corrected chi connectivity index (χ0v) is 9.46. The van der Waals surface area contributed by atoms with Gasteiger partial charge in [0, 0.05) is 12.5 Å². The maximum atomic E-state index is 4.54. The molecule has 80 valence electrons. The SMILES string of the molecule is CNCc1ccc2nc(C(C)C)[nH]c2c1. The number of aromatic nitrogens is 2. The molecular weight excluding hydrogens is 186 g/mol. The average Bonchev–Trinajstić information content (AvgIpc) is 2.61. The van der Waals surface area contributed by atoms with Gasteiger partial charge in [-0.2, -0.15) is 0 Å². The van der Waals surface area contributed by atoms with Crippen LogP contribution in [0.1, 0.15) is 31.2 Å². The average molecular weight is 203 g/mol. The van der Waals surface area contributed by atoms with Gasteiger partial charge in [-0.25, -0.2) is 4.98 Å². The van der Waals surface area contributed by atoms with Gasteiger partial charge in [-0.1, -0.05) is 19.9 Å². The first-order valence-corrected chi connectivity index (χ1v) is 5.34. The lowest BCUT2D eigenvalue weighted by atomic mass is 10.2. The maximum Gasteiger partial charge on any atom is 0.109 e. The second-order valence-corrected chi connectivity index (χ2v) is 4.16. The summed E-state index contributed by atoms with van der Waals surface area (Å²) in [5, 5.41) is 3.14. The first-order valence-electron chi connectivity index (χ1n) is 5.34. The van der Waals surface area contributed by atoms with Gasteiger partial charge in [-0.05, 0) is 24.7 Å². The lowest BCUT2D eigenvalue weighted by molar-refractivity contribution is 0.799. The first-order chi connectivity index (χ1) is 7.20. The molecule has 0 atom stereocenters. The van der Waals surface area contributed by atoms with Crippen molar-refractivity contribution in [2.75, 3.05) is 7.05 Å². The first kappa shape index (κ1) is 10.2. The third kappa shape index (κ3) is 2.02. The van der Waals surface area contributed by atoms with Gasteiger partial charge in [-0.15, -0.1) is 0 Å². The Bertz CT molecular complexity index is 457. The number of H-pyrrole nitrogens is 1. The number of nitrogens with one attached hydrogen (secondary N) is 2. The van der Waals surface area contributed by atoms with Crippen molar-refractivity contribution >= 4 is 11.0 Å². The molecule has 2 aromatic rings. The van der Waals surface area contributed by atoms with Crippen LogP contribution in [0.15, 0.2) is 18.2 Å². The number of imidazole rings is 1. The Hall–Kier alpha value is -1.35. The van der Waals surface area contributed by atoms with E-state index in [2.05, 4.69) is 47.3 Å². The van der Waals surface area contributed by atoms with Crippen molar-refractivity contribution in [3.05, 3.63) is 29.6 Å². The van der Waals surface area contributed by atoms with Gasteiger partial charge >= 0.3 is 0 Å². The fourth-order valence-electron chi connectivity index (χ4n) is 1.66. The third-order valence-electron chi connectivity index (χ3n) is 2.49. The van der Waals surface area contributed by atoms with Crippen molar-refractivity contribution in [3.63, 3.8) is 0 Å². The topological polar surface area (TPSA) is 40.7 Å². The van der Waals surface area contributed by atoms with Crippen LogP contribution in [0.2, 0.25) is 0 Å². The van der Waals surface area contributed by atoms with Gasteiger partial charge in [0.05, 0.1) is 11.0 Å². The highest BCUT2D eigenvalue weighted by Gasteiger charge is 2.06. The van der Waals surface area contributed by atoms with Crippen molar-refractivity contribution in [2.45, 2.75) is 26.3 Å². The summed E-state index contributed by atoms with van der Waals surface area (Å²) in [7, 11) is 1.96. The lowest BCUT2D eigenvalue weighted by Crippen LogP contribution is -2.04. The molecule has 1 aromatic heterocycles. The number of hydrogen-bond donors (Lipinski definition) is 2. The number of nitrogens with zero attached hydrogens (tertiary/aromatic N) is 1. The van der Waals surface area contributed by atoms with Gasteiger partial charge in [-0.3, -0.25) is 0 Å². The summed E-state index contributed by atoms with van der Waals surface area (Å²) in [6.07, 6.45) is 0. The molecule has 0 amide bonds. The number of aromatic amines is 1. The highest BCUT2D eigenvalue weighted by atomic mass is 14.9. The predicted octanol–water partition coefficient (Wildman–Crippen LogP) is 2.41. The molecule has 3 heteroatoms. The Balaban J connectivity index is 2.43. The molecule has 3 nitrogen and oxygen atoms in total. The normalized spacial score (nSPS) is 11.5. The van der Waals surface area contributed by atoms with E-state index in [-0.39, 0.29) is 0 Å². The Morgan fingerprint density at radius 3 is 2.87 bits per heavy atom. The maximum absolute atomic E-state index is 4.54. The Morgan fingerprint density at radius 2 is 2.20 bits per heavy atom. The highest BCUT2D eigenvalue weighted by Crippen LogP contribution is 2.18. The summed E-state index contributed by atoms with van der Waals surface area (Å²) in [5.41, 5.74) is 3.47. The van der Waals surface area contributed by atoms with E-state index in [1.54, 1.807) is 0 Å². The number of rotatable bonds is 3. The smallest absolute Gasteiger partial charge is 0.109 e. The van der Waals surface area contributed by atoms with Gasteiger partial charge in [0.15, 0.2) is 0 Å². The van der Waals surface area contributed by atoms with E-state index >= 15 is 0 Å². The standard InChI is InChI=1S/C12H17N3/c1-8(2)12-14-10-5-4-9(7-13-3)6-11(10)15-12/h4-6,8,13H,7H2,1-3H3,(H,14,15). The van der Waals surface area contributed by atoms with Crippen molar-refractivity contribution in [1.82, 2.24) is 15.3 Å². The van der Waals surface area contributed by atoms with Gasteiger partial charge in [0.25, 0.3) is 0 Å². The Kier molecular flexibility index (Phi) is 2.73. The molecule has 0 radical (unpaired) electrons. The van der Waals surface area contributed by atoms with E-state index in [1.165, 1.54) is 5.56 Å². The molecule has 0 aliphatic rings. The molecule has 15 heavy (non-hydrogen) atoms. The van der Waals surface area contributed by atoms with E-state index in [0.717, 1.165) is 23.4 Å². The fraction of sp³-hybridized carbons (Fsp3) is 0.417. The van der Waals surface area contributed by atoms with Crippen LogP contribution in [0.5, 0.6) is 0 Å². The molecule has 0 fully saturated rings. The molecule has 0 saturated heterocycles. The molecule has 0 bridgehead atoms. The lowest BCUT2D eigenvalue weighted by Gasteiger charge is -1.98. The van der Waals surface area contributed by atoms with Crippen LogP contribution < -0.4 is 5.32 Å². The summed E-state index contributed by atoms with van der Waals surface area (Å²) in [6.45, 7) is 5.18. The summed E-state index contributed by atoms with van der Waals surface area (Å²) in [5.74, 6) is 1.51. The molecule has 0 saturated carbocycles. The molecule has 2 rings (SSSR count). The van der Waals surface area contributed by atoms with Gasteiger partial charge in [0.1, 0.15) is 5.82 Å². The summed E-state index contributed by atoms with van der Waals surface area (Å²) in [4.78, 5) is 7.89. The number of benzene rings is 1. The van der Waals surface area contributed by atoms with Crippen molar-refractivity contribution in [2.24, 2.45) is 0 Å². The minimum atomic E-state index is 0.449. The van der Waals surface area contributed by atoms with Gasteiger partial charge in [0.2, 0.25) is 0 Å². The van der Waals surface area contributed by atoms with Crippen LogP contribution in [0.25, 0.3) is 11.0 Å². The number of fused-ring (bicyclic) bond motifs is 1. The molecule has 1 heterocycles. The molecular formula is C12H17N3. The Labute approximate surface area is 89.9 Å². The monoisotopic (exact) mass is 203 g/mol. The molecule has 0 spiro atoms. The van der Waals surface area contributed by atoms with Crippen LogP contribution in [0, 0.1) is 0 Å². The predicted molar refractivity (Wildman–Crippen MR) is 62.9 cm³/mol. The third-order valence-corrected chi connectivity index (χ3v) is 2.49. The summed E-state index contributed by atoms with van der Waals surface area (Å²) >= 11 is 0. The minimum absolute atomic E-state index is 0.449. The van der Waals surface area contributed by atoms with E-state index in [0.29, 0.717) is 5.92 Å². The van der Waals surface area contributed by atoms with Gasteiger partial charge < -0.3 is 10.3 Å². The molecule has 2 N–H and O–H groups in total. The van der Waals surface area contributed by atoms with Crippen molar-refractivity contribution in [1.29, 1.82) is 0 Å². The van der Waals surface area contributed by atoms with E-state index in [9.17, 15) is 0 Å². The fourth-order valence-corrected chi connectivity index (χ4v) is 1.66. The van der Waals surface area contributed by atoms with E-state index in [1.807, 2.05) is 7.05 Å². The van der Waals surface area contributed by atoms with Crippen molar-refractivity contribution < 1.29 is 0 Å². The van der Waals surface area contributed by atoms with Crippen LogP contribution in [-0.4, -0.2) is 17.0 Å². The van der Waals surface area contributed by atoms with E-state index < -0.39 is 0 Å².